The summed E-state index contributed by atoms with van der Waals surface area (Å²) in [5.41, 5.74) is 1.05. The standard InChI is InChI=1S/C11H10N2O3/c14-10-6-8(7-11(15)16)12-13(10)9-4-2-1-3-5-9/h1-5H,6-7H2,(H,15,16). The number of carbonyl (C=O) groups is 2. The van der Waals surface area contributed by atoms with Gasteiger partial charge in [-0.2, -0.15) is 5.10 Å². The van der Waals surface area contributed by atoms with Crippen molar-refractivity contribution in [1.82, 2.24) is 0 Å². The lowest BCUT2D eigenvalue weighted by molar-refractivity contribution is -0.135. The van der Waals surface area contributed by atoms with Gasteiger partial charge in [0.25, 0.3) is 5.91 Å². The summed E-state index contributed by atoms with van der Waals surface area (Å²) in [5.74, 6) is -1.16. The fourth-order valence-corrected chi connectivity index (χ4v) is 1.53. The second kappa shape index (κ2) is 4.14. The minimum Gasteiger partial charge on any atom is -0.481 e. The van der Waals surface area contributed by atoms with E-state index in [2.05, 4.69) is 5.10 Å². The Morgan fingerprint density at radius 3 is 2.69 bits per heavy atom. The molecular formula is C11H10N2O3. The van der Waals surface area contributed by atoms with Crippen molar-refractivity contribution in [3.05, 3.63) is 30.3 Å². The van der Waals surface area contributed by atoms with Crippen LogP contribution in [-0.2, 0) is 9.59 Å². The first-order valence-corrected chi connectivity index (χ1v) is 4.83. The van der Waals surface area contributed by atoms with Gasteiger partial charge in [-0.05, 0) is 12.1 Å². The van der Waals surface area contributed by atoms with Crippen LogP contribution in [0.15, 0.2) is 35.4 Å². The molecule has 1 heterocycles. The first kappa shape index (κ1) is 10.4. The van der Waals surface area contributed by atoms with Crippen molar-refractivity contribution in [3.8, 4) is 0 Å². The van der Waals surface area contributed by atoms with Gasteiger partial charge in [0, 0.05) is 0 Å². The Morgan fingerprint density at radius 2 is 2.06 bits per heavy atom. The molecule has 0 unspecified atom stereocenters. The van der Waals surface area contributed by atoms with Crippen LogP contribution < -0.4 is 5.01 Å². The minimum atomic E-state index is -0.971. The Bertz CT molecular complexity index is 454. The zero-order valence-corrected chi connectivity index (χ0v) is 8.46. The SMILES string of the molecule is O=C(O)CC1=NN(c2ccccc2)C(=O)C1. The number of nitrogens with zero attached hydrogens (tertiary/aromatic N) is 2. The van der Waals surface area contributed by atoms with Crippen molar-refractivity contribution < 1.29 is 14.7 Å². The molecule has 2 rings (SSSR count). The first-order chi connectivity index (χ1) is 7.66. The molecule has 1 aromatic carbocycles. The molecule has 16 heavy (non-hydrogen) atoms. The summed E-state index contributed by atoms with van der Waals surface area (Å²) in [5, 5.41) is 13.9. The van der Waals surface area contributed by atoms with Crippen molar-refractivity contribution in [1.29, 1.82) is 0 Å². The smallest absolute Gasteiger partial charge is 0.309 e. The van der Waals surface area contributed by atoms with E-state index in [1.54, 1.807) is 24.3 Å². The van der Waals surface area contributed by atoms with E-state index in [-0.39, 0.29) is 18.7 Å². The van der Waals surface area contributed by atoms with Gasteiger partial charge in [0.15, 0.2) is 0 Å². The number of carboxylic acid groups (broad SMARTS) is 1. The Labute approximate surface area is 92.0 Å². The molecule has 1 amide bonds. The van der Waals surface area contributed by atoms with E-state index >= 15 is 0 Å². The maximum Gasteiger partial charge on any atom is 0.309 e. The number of anilines is 1. The molecule has 82 valence electrons. The summed E-state index contributed by atoms with van der Waals surface area (Å²) in [6.07, 6.45) is -0.101. The molecule has 1 aliphatic heterocycles. The van der Waals surface area contributed by atoms with Crippen LogP contribution in [-0.4, -0.2) is 22.7 Å². The average molecular weight is 218 g/mol. The van der Waals surface area contributed by atoms with Crippen LogP contribution in [0.1, 0.15) is 12.8 Å². The number of carboxylic acids is 1. The quantitative estimate of drug-likeness (QED) is 0.830. The van der Waals surface area contributed by atoms with Gasteiger partial charge >= 0.3 is 5.97 Å². The molecule has 5 heteroatoms. The molecule has 0 aliphatic carbocycles. The number of benzene rings is 1. The third-order valence-electron chi connectivity index (χ3n) is 2.19. The summed E-state index contributed by atoms with van der Waals surface area (Å²) in [6.45, 7) is 0. The lowest BCUT2D eigenvalue weighted by Gasteiger charge is -2.10. The summed E-state index contributed by atoms with van der Waals surface area (Å²) in [7, 11) is 0. The topological polar surface area (TPSA) is 70.0 Å². The maximum atomic E-state index is 11.6. The summed E-state index contributed by atoms with van der Waals surface area (Å²) in [6, 6.07) is 8.95. The Hall–Kier alpha value is -2.17. The highest BCUT2D eigenvalue weighted by atomic mass is 16.4. The lowest BCUT2D eigenvalue weighted by Crippen LogP contribution is -2.19. The van der Waals surface area contributed by atoms with Crippen molar-refractivity contribution in [3.63, 3.8) is 0 Å². The molecule has 0 saturated heterocycles. The van der Waals surface area contributed by atoms with Crippen molar-refractivity contribution in [2.45, 2.75) is 12.8 Å². The summed E-state index contributed by atoms with van der Waals surface area (Å²) >= 11 is 0. The van der Waals surface area contributed by atoms with Crippen molar-refractivity contribution in [2.75, 3.05) is 5.01 Å². The Balaban J connectivity index is 2.20. The zero-order valence-electron chi connectivity index (χ0n) is 8.46. The molecule has 0 radical (unpaired) electrons. The monoisotopic (exact) mass is 218 g/mol. The average Bonchev–Trinajstić information content (AvgIpc) is 2.60. The van der Waals surface area contributed by atoms with Gasteiger partial charge < -0.3 is 5.11 Å². The fourth-order valence-electron chi connectivity index (χ4n) is 1.53. The molecule has 0 fully saturated rings. The number of aliphatic carboxylic acids is 1. The largest absolute Gasteiger partial charge is 0.481 e. The van der Waals surface area contributed by atoms with Crippen LogP contribution in [0.5, 0.6) is 0 Å². The second-order valence-electron chi connectivity index (χ2n) is 3.45. The van der Waals surface area contributed by atoms with Gasteiger partial charge in [-0.25, -0.2) is 5.01 Å². The predicted molar refractivity (Wildman–Crippen MR) is 58.2 cm³/mol. The maximum absolute atomic E-state index is 11.6. The summed E-state index contributed by atoms with van der Waals surface area (Å²) < 4.78 is 0. The van der Waals surface area contributed by atoms with Gasteiger partial charge in [-0.3, -0.25) is 9.59 Å². The minimum absolute atomic E-state index is 0.0845. The fraction of sp³-hybridized carbons (Fsp3) is 0.182. The highest BCUT2D eigenvalue weighted by Crippen LogP contribution is 2.20. The van der Waals surface area contributed by atoms with Gasteiger partial charge in [0.2, 0.25) is 0 Å². The number of hydrogen-bond donors (Lipinski definition) is 1. The van der Waals surface area contributed by atoms with E-state index in [0.717, 1.165) is 0 Å². The predicted octanol–water partition coefficient (Wildman–Crippen LogP) is 1.25. The van der Waals surface area contributed by atoms with Gasteiger partial charge in [-0.15, -0.1) is 0 Å². The number of hydrazone groups is 1. The zero-order chi connectivity index (χ0) is 11.5. The van der Waals surface area contributed by atoms with Gasteiger partial charge in [-0.1, -0.05) is 18.2 Å². The number of para-hydroxylation sites is 1. The molecule has 0 atom stereocenters. The van der Waals surface area contributed by atoms with E-state index < -0.39 is 5.97 Å². The lowest BCUT2D eigenvalue weighted by atomic mass is 10.2. The van der Waals surface area contributed by atoms with Crippen molar-refractivity contribution >= 4 is 23.3 Å². The van der Waals surface area contributed by atoms with Crippen LogP contribution >= 0.6 is 0 Å². The summed E-state index contributed by atoms with van der Waals surface area (Å²) in [4.78, 5) is 22.1. The highest BCUT2D eigenvalue weighted by Gasteiger charge is 2.25. The molecule has 1 N–H and O–H groups in total. The third-order valence-corrected chi connectivity index (χ3v) is 2.19. The molecule has 0 aromatic heterocycles. The highest BCUT2D eigenvalue weighted by molar-refractivity contribution is 6.16. The van der Waals surface area contributed by atoms with Crippen molar-refractivity contribution in [2.24, 2.45) is 5.10 Å². The molecule has 0 bridgehead atoms. The number of amides is 1. The second-order valence-corrected chi connectivity index (χ2v) is 3.45. The van der Waals surface area contributed by atoms with E-state index in [9.17, 15) is 9.59 Å². The van der Waals surface area contributed by atoms with Crippen LogP contribution in [0.3, 0.4) is 0 Å². The molecular weight excluding hydrogens is 208 g/mol. The Kier molecular flexibility index (Phi) is 2.68. The number of rotatable bonds is 3. The van der Waals surface area contributed by atoms with Gasteiger partial charge in [0.05, 0.1) is 24.2 Å². The van der Waals surface area contributed by atoms with E-state index in [0.29, 0.717) is 11.4 Å². The normalized spacial score (nSPS) is 15.1. The van der Waals surface area contributed by atoms with E-state index in [4.69, 9.17) is 5.11 Å². The van der Waals surface area contributed by atoms with Crippen LogP contribution in [0, 0.1) is 0 Å². The Morgan fingerprint density at radius 1 is 1.38 bits per heavy atom. The van der Waals surface area contributed by atoms with Crippen LogP contribution in [0.25, 0.3) is 0 Å². The van der Waals surface area contributed by atoms with Gasteiger partial charge in [0.1, 0.15) is 0 Å². The first-order valence-electron chi connectivity index (χ1n) is 4.83. The number of hydrogen-bond acceptors (Lipinski definition) is 3. The molecule has 1 aromatic rings. The molecule has 1 aliphatic rings. The molecule has 0 saturated carbocycles. The van der Waals surface area contributed by atoms with Crippen LogP contribution in [0.2, 0.25) is 0 Å². The number of carbonyl (C=O) groups excluding carboxylic acids is 1. The molecule has 0 spiro atoms. The third kappa shape index (κ3) is 2.08. The van der Waals surface area contributed by atoms with Crippen LogP contribution in [0.4, 0.5) is 5.69 Å². The molecule has 5 nitrogen and oxygen atoms in total. The van der Waals surface area contributed by atoms with E-state index in [1.807, 2.05) is 6.07 Å². The van der Waals surface area contributed by atoms with E-state index in [1.165, 1.54) is 5.01 Å².